The number of anilines is 2. The fourth-order valence-corrected chi connectivity index (χ4v) is 4.13. The molecule has 35 heavy (non-hydrogen) atoms. The summed E-state index contributed by atoms with van der Waals surface area (Å²) in [4.78, 5) is 12.5. The number of ether oxygens (including phenoxy) is 2. The Bertz CT molecular complexity index is 1230. The Morgan fingerprint density at radius 3 is 2.29 bits per heavy atom. The van der Waals surface area contributed by atoms with Crippen LogP contribution in [0.25, 0.3) is 5.69 Å². The van der Waals surface area contributed by atoms with Crippen molar-refractivity contribution in [1.82, 2.24) is 14.8 Å². The minimum absolute atomic E-state index is 0.128. The van der Waals surface area contributed by atoms with Gasteiger partial charge in [-0.2, -0.15) is 0 Å². The molecule has 0 saturated heterocycles. The third kappa shape index (κ3) is 6.54. The second-order valence-electron chi connectivity index (χ2n) is 7.45. The molecule has 2 N–H and O–H groups in total. The van der Waals surface area contributed by atoms with Crippen LogP contribution in [-0.2, 0) is 11.3 Å². The molecule has 0 aliphatic carbocycles. The Morgan fingerprint density at radius 2 is 1.60 bits per heavy atom. The number of carbonyl (C=O) groups is 1. The fraction of sp³-hybridized carbons (Fsp3) is 0.192. The third-order valence-electron chi connectivity index (χ3n) is 5.04. The molecule has 180 valence electrons. The van der Waals surface area contributed by atoms with Crippen LogP contribution in [0.2, 0.25) is 0 Å². The first-order valence-corrected chi connectivity index (χ1v) is 12.2. The van der Waals surface area contributed by atoms with E-state index in [-0.39, 0.29) is 11.7 Å². The second-order valence-corrected chi connectivity index (χ2v) is 8.39. The van der Waals surface area contributed by atoms with Crippen LogP contribution in [0.1, 0.15) is 12.7 Å². The molecule has 0 saturated carbocycles. The van der Waals surface area contributed by atoms with Crippen molar-refractivity contribution in [2.24, 2.45) is 0 Å². The number of carbonyl (C=O) groups excluding carboxylic acids is 1. The van der Waals surface area contributed by atoms with Crippen molar-refractivity contribution >= 4 is 29.0 Å². The van der Waals surface area contributed by atoms with Gasteiger partial charge in [0.05, 0.1) is 26.0 Å². The molecular weight excluding hydrogens is 462 g/mol. The zero-order chi connectivity index (χ0) is 24.5. The molecule has 4 rings (SSSR count). The van der Waals surface area contributed by atoms with Crippen LogP contribution in [0.15, 0.2) is 84.0 Å². The summed E-state index contributed by atoms with van der Waals surface area (Å²) in [6, 6.07) is 24.9. The second kappa shape index (κ2) is 11.9. The maximum atomic E-state index is 12.5. The Balaban J connectivity index is 1.44. The van der Waals surface area contributed by atoms with Crippen LogP contribution < -0.4 is 20.1 Å². The molecule has 0 unspecified atom stereocenters. The average Bonchev–Trinajstić information content (AvgIpc) is 3.31. The highest BCUT2D eigenvalue weighted by atomic mass is 32.2. The Morgan fingerprint density at radius 1 is 0.914 bits per heavy atom. The highest BCUT2D eigenvalue weighted by Gasteiger charge is 2.16. The third-order valence-corrected chi connectivity index (χ3v) is 5.97. The molecule has 3 aromatic carbocycles. The van der Waals surface area contributed by atoms with Gasteiger partial charge < -0.3 is 20.1 Å². The van der Waals surface area contributed by atoms with Crippen LogP contribution in [-0.4, -0.2) is 40.1 Å². The molecular formula is C26H27N5O3S. The monoisotopic (exact) mass is 489 g/mol. The van der Waals surface area contributed by atoms with Crippen molar-refractivity contribution in [3.8, 4) is 17.2 Å². The number of aromatic nitrogens is 3. The molecule has 0 aliphatic rings. The lowest BCUT2D eigenvalue weighted by Crippen LogP contribution is -2.15. The van der Waals surface area contributed by atoms with Crippen molar-refractivity contribution in [2.75, 3.05) is 30.1 Å². The summed E-state index contributed by atoms with van der Waals surface area (Å²) in [5.74, 6) is 2.38. The molecule has 8 nitrogen and oxygen atoms in total. The summed E-state index contributed by atoms with van der Waals surface area (Å²) in [6.45, 7) is 3.06. The van der Waals surface area contributed by atoms with Crippen LogP contribution in [0.5, 0.6) is 11.5 Å². The first kappa shape index (κ1) is 24.2. The summed E-state index contributed by atoms with van der Waals surface area (Å²) in [6.07, 6.45) is 0. The highest BCUT2D eigenvalue weighted by molar-refractivity contribution is 7.99. The van der Waals surface area contributed by atoms with E-state index in [9.17, 15) is 4.79 Å². The number of benzene rings is 3. The zero-order valence-electron chi connectivity index (χ0n) is 19.6. The number of amides is 1. The minimum Gasteiger partial charge on any atom is -0.497 e. The van der Waals surface area contributed by atoms with Gasteiger partial charge in [-0.3, -0.25) is 9.36 Å². The molecule has 0 aliphatic heterocycles. The van der Waals surface area contributed by atoms with Gasteiger partial charge in [0.1, 0.15) is 11.5 Å². The number of methoxy groups -OCH3 is 1. The van der Waals surface area contributed by atoms with Gasteiger partial charge in [-0.25, -0.2) is 0 Å². The number of nitrogens with one attached hydrogen (secondary N) is 2. The van der Waals surface area contributed by atoms with Gasteiger partial charge in [0, 0.05) is 17.1 Å². The maximum Gasteiger partial charge on any atom is 0.234 e. The zero-order valence-corrected chi connectivity index (χ0v) is 20.4. The van der Waals surface area contributed by atoms with Crippen molar-refractivity contribution in [1.29, 1.82) is 0 Å². The van der Waals surface area contributed by atoms with E-state index < -0.39 is 0 Å². The van der Waals surface area contributed by atoms with Gasteiger partial charge in [-0.15, -0.1) is 10.2 Å². The number of rotatable bonds is 11. The average molecular weight is 490 g/mol. The van der Waals surface area contributed by atoms with Gasteiger partial charge in [-0.1, -0.05) is 30.0 Å². The van der Waals surface area contributed by atoms with Crippen LogP contribution in [0.4, 0.5) is 11.4 Å². The van der Waals surface area contributed by atoms with Gasteiger partial charge in [-0.05, 0) is 67.6 Å². The van der Waals surface area contributed by atoms with E-state index in [0.29, 0.717) is 24.0 Å². The fourth-order valence-electron chi connectivity index (χ4n) is 3.36. The first-order chi connectivity index (χ1) is 17.2. The number of thioether (sulfide) groups is 1. The summed E-state index contributed by atoms with van der Waals surface area (Å²) in [7, 11) is 1.61. The highest BCUT2D eigenvalue weighted by Crippen LogP contribution is 2.24. The summed E-state index contributed by atoms with van der Waals surface area (Å²) >= 11 is 1.34. The largest absolute Gasteiger partial charge is 0.497 e. The molecule has 0 spiro atoms. The molecule has 1 aromatic heterocycles. The van der Waals surface area contributed by atoms with E-state index in [1.54, 1.807) is 31.4 Å². The molecule has 1 amide bonds. The quantitative estimate of drug-likeness (QED) is 0.286. The maximum absolute atomic E-state index is 12.5. The van der Waals surface area contributed by atoms with Gasteiger partial charge in [0.15, 0.2) is 11.0 Å². The SMILES string of the molecule is CCOc1ccc(NCc2nnc(SCC(=O)Nc3ccc(OC)cc3)n2-c2ccccc2)cc1. The van der Waals surface area contributed by atoms with E-state index >= 15 is 0 Å². The van der Waals surface area contributed by atoms with Gasteiger partial charge in [0.25, 0.3) is 0 Å². The molecule has 0 fully saturated rings. The van der Waals surface area contributed by atoms with E-state index in [0.717, 1.165) is 28.7 Å². The minimum atomic E-state index is -0.128. The van der Waals surface area contributed by atoms with Crippen molar-refractivity contribution in [3.05, 3.63) is 84.7 Å². The van der Waals surface area contributed by atoms with Crippen LogP contribution >= 0.6 is 11.8 Å². The Kier molecular flexibility index (Phi) is 8.24. The number of hydrogen-bond acceptors (Lipinski definition) is 7. The lowest BCUT2D eigenvalue weighted by Gasteiger charge is -2.12. The Hall–Kier alpha value is -3.98. The lowest BCUT2D eigenvalue weighted by molar-refractivity contribution is -0.113. The van der Waals surface area contributed by atoms with E-state index in [2.05, 4.69) is 20.8 Å². The van der Waals surface area contributed by atoms with Crippen molar-refractivity contribution in [2.45, 2.75) is 18.6 Å². The summed E-state index contributed by atoms with van der Waals surface area (Å²) < 4.78 is 12.6. The molecule has 9 heteroatoms. The van der Waals surface area contributed by atoms with Gasteiger partial charge >= 0.3 is 0 Å². The molecule has 4 aromatic rings. The van der Waals surface area contributed by atoms with Gasteiger partial charge in [0.2, 0.25) is 5.91 Å². The van der Waals surface area contributed by atoms with Crippen molar-refractivity contribution < 1.29 is 14.3 Å². The summed E-state index contributed by atoms with van der Waals surface area (Å²) in [5.41, 5.74) is 2.59. The van der Waals surface area contributed by atoms with E-state index in [4.69, 9.17) is 9.47 Å². The van der Waals surface area contributed by atoms with Crippen LogP contribution in [0, 0.1) is 0 Å². The first-order valence-electron chi connectivity index (χ1n) is 11.2. The Labute approximate surface area is 208 Å². The smallest absolute Gasteiger partial charge is 0.234 e. The predicted octanol–water partition coefficient (Wildman–Crippen LogP) is 5.02. The van der Waals surface area contributed by atoms with E-state index in [1.165, 1.54) is 11.8 Å². The molecule has 0 atom stereocenters. The number of hydrogen-bond donors (Lipinski definition) is 2. The molecule has 1 heterocycles. The number of nitrogens with zero attached hydrogens (tertiary/aromatic N) is 3. The molecule has 0 radical (unpaired) electrons. The normalized spacial score (nSPS) is 10.6. The molecule has 0 bridgehead atoms. The summed E-state index contributed by atoms with van der Waals surface area (Å²) in [5, 5.41) is 15.7. The topological polar surface area (TPSA) is 90.3 Å². The standard InChI is InChI=1S/C26H27N5O3S/c1-3-34-23-15-9-19(10-16-23)27-17-24-29-30-26(31(24)21-7-5-4-6-8-21)35-18-25(32)28-20-11-13-22(33-2)14-12-20/h4-16,27H,3,17-18H2,1-2H3,(H,28,32). The number of para-hydroxylation sites is 1. The van der Waals surface area contributed by atoms with E-state index in [1.807, 2.05) is 66.1 Å². The predicted molar refractivity (Wildman–Crippen MR) is 139 cm³/mol. The van der Waals surface area contributed by atoms with Crippen LogP contribution in [0.3, 0.4) is 0 Å². The lowest BCUT2D eigenvalue weighted by atomic mass is 10.3. The van der Waals surface area contributed by atoms with Crippen molar-refractivity contribution in [3.63, 3.8) is 0 Å².